The van der Waals surface area contributed by atoms with E-state index in [1.807, 2.05) is 24.3 Å². The molecule has 0 aliphatic heterocycles. The van der Waals surface area contributed by atoms with E-state index in [4.69, 9.17) is 0 Å². The summed E-state index contributed by atoms with van der Waals surface area (Å²) in [6.45, 7) is 0. The van der Waals surface area contributed by atoms with E-state index in [0.717, 1.165) is 12.8 Å². The molecule has 4 aliphatic rings. The molecule has 10 rings (SSSR count). The molecule has 4 aliphatic carbocycles. The van der Waals surface area contributed by atoms with Crippen molar-refractivity contribution in [3.63, 3.8) is 0 Å². The van der Waals surface area contributed by atoms with E-state index in [0.29, 0.717) is 0 Å². The second-order valence-corrected chi connectivity index (χ2v) is 16.2. The number of fused-ring (bicyclic) bond motifs is 2. The summed E-state index contributed by atoms with van der Waals surface area (Å²) >= 11 is 2.92. The Hall–Kier alpha value is -3.37. The van der Waals surface area contributed by atoms with E-state index in [1.54, 1.807) is 22.3 Å². The molecule has 0 heterocycles. The minimum absolute atomic E-state index is 0. The van der Waals surface area contributed by atoms with E-state index in [9.17, 15) is 0 Å². The summed E-state index contributed by atoms with van der Waals surface area (Å²) in [4.78, 5) is 0. The summed E-state index contributed by atoms with van der Waals surface area (Å²) in [5.74, 6) is 0. The van der Waals surface area contributed by atoms with Crippen LogP contribution >= 0.6 is 0 Å². The Labute approximate surface area is 391 Å². The van der Waals surface area contributed by atoms with E-state index in [1.165, 1.54) is 129 Å². The molecule has 0 radical (unpaired) electrons. The summed E-state index contributed by atoms with van der Waals surface area (Å²) in [7, 11) is 0. The molecule has 0 amide bonds. The molecule has 0 saturated carbocycles. The molecule has 58 heavy (non-hydrogen) atoms. The summed E-state index contributed by atoms with van der Waals surface area (Å²) in [6.07, 6.45) is 30.9. The molecule has 0 saturated heterocycles. The van der Waals surface area contributed by atoms with Crippen LogP contribution in [-0.2, 0) is 74.2 Å². The van der Waals surface area contributed by atoms with E-state index in [2.05, 4.69) is 182 Å². The van der Waals surface area contributed by atoms with Crippen LogP contribution in [-0.4, -0.2) is 6.41 Å². The van der Waals surface area contributed by atoms with Gasteiger partial charge in [0.1, 0.15) is 0 Å². The average molecular weight is 954 g/mol. The molecule has 6 aromatic rings. The van der Waals surface area contributed by atoms with Gasteiger partial charge < -0.3 is 24.8 Å². The third kappa shape index (κ3) is 17.9. The van der Waals surface area contributed by atoms with Gasteiger partial charge in [0.2, 0.25) is 0 Å². The summed E-state index contributed by atoms with van der Waals surface area (Å²) in [5.41, 5.74) is 11.7. The monoisotopic (exact) mass is 950 g/mol. The summed E-state index contributed by atoms with van der Waals surface area (Å²) < 4.78 is 2.83. The third-order valence-electron chi connectivity index (χ3n) is 9.72. The van der Waals surface area contributed by atoms with Crippen LogP contribution in [0, 0.1) is 12.2 Å². The van der Waals surface area contributed by atoms with E-state index >= 15 is 0 Å². The molecular weight excluding hydrogens is 902 g/mol. The maximum atomic E-state index is 2.99. The van der Waals surface area contributed by atoms with Gasteiger partial charge in [0.05, 0.1) is 0 Å². The predicted octanol–water partition coefficient (Wildman–Crippen LogP) is 6.79. The number of hydrogen-bond donors (Lipinski definition) is 0. The first-order valence-corrected chi connectivity index (χ1v) is 22.4. The van der Waals surface area contributed by atoms with Crippen LogP contribution in [0.25, 0.3) is 0 Å². The van der Waals surface area contributed by atoms with Gasteiger partial charge in [-0.25, -0.2) is 36.4 Å². The number of halogens is 2. The van der Waals surface area contributed by atoms with Crippen molar-refractivity contribution in [2.75, 3.05) is 0 Å². The molecule has 0 bridgehead atoms. The van der Waals surface area contributed by atoms with Gasteiger partial charge in [0.25, 0.3) is 0 Å². The molecule has 0 spiro atoms. The SMILES string of the molecule is [C-]1=CC=CC1.[C-]1=CC=CC1.[Cl-].[Cl-].[Zr+2]=[C](c1ccccc1)c1ccccc1.[Zr+2]=[C](c1ccccc1)c1ccccc1.c1cc2c([cH-]1)CCCC2.c1cc2c([cH-]1)CCCC2. The first-order valence-electron chi connectivity index (χ1n) is 20.0. The van der Waals surface area contributed by atoms with Gasteiger partial charge in [-0.2, -0.15) is 58.7 Å². The fourth-order valence-electron chi connectivity index (χ4n) is 6.66. The Morgan fingerprint density at radius 2 is 0.724 bits per heavy atom. The number of allylic oxidation sites excluding steroid dienone is 8. The average Bonchev–Trinajstić information content (AvgIpc) is 4.15. The van der Waals surface area contributed by atoms with Crippen molar-refractivity contribution in [2.45, 2.75) is 64.2 Å². The first kappa shape index (κ1) is 49.0. The van der Waals surface area contributed by atoms with Crippen molar-refractivity contribution in [1.82, 2.24) is 0 Å². The molecule has 0 nitrogen and oxygen atoms in total. The third-order valence-corrected chi connectivity index (χ3v) is 12.6. The first-order chi connectivity index (χ1) is 27.7. The zero-order valence-electron chi connectivity index (χ0n) is 33.3. The number of hydrogen-bond acceptors (Lipinski definition) is 0. The van der Waals surface area contributed by atoms with Crippen LogP contribution < -0.4 is 24.8 Å². The van der Waals surface area contributed by atoms with Crippen molar-refractivity contribution >= 4 is 6.41 Å². The standard InChI is InChI=1S/2C13H10.2C9H11.2C5H5.2ClH.2Zr/c2*1-3-7-12(8-4-1)11-13-9-5-2-6-10-13;2*1-2-5-9-7-3-6-8(9)4-1;2*1-2-4-5-3-1;;;;/h2*1-10H;2*3,6-7H,1-2,4-5H2;2*1-3H,4H2;2*1H;;/q;;4*-1;;;2*+2/p-2. The molecule has 0 fully saturated rings. The van der Waals surface area contributed by atoms with Gasteiger partial charge in [0, 0.05) is 0 Å². The van der Waals surface area contributed by atoms with Gasteiger partial charge in [-0.3, -0.25) is 12.2 Å². The minimum atomic E-state index is 0. The number of benzene rings is 4. The maximum absolute atomic E-state index is 2.99. The molecule has 4 heteroatoms. The maximum Gasteiger partial charge on any atom is -0.0512 e. The topological polar surface area (TPSA) is 0 Å². The largest absolute Gasteiger partial charge is 0.210 e. The normalized spacial score (nSPS) is 13.2. The molecule has 6 aromatic carbocycles. The zero-order chi connectivity index (χ0) is 38.9. The van der Waals surface area contributed by atoms with Gasteiger partial charge in [-0.05, 0) is 0 Å². The zero-order valence-corrected chi connectivity index (χ0v) is 39.7. The Kier molecular flexibility index (Phi) is 25.2. The van der Waals surface area contributed by atoms with Gasteiger partial charge >= 0.3 is 198 Å². The molecule has 0 aromatic heterocycles. The molecule has 0 atom stereocenters. The Morgan fingerprint density at radius 3 is 0.966 bits per heavy atom. The van der Waals surface area contributed by atoms with Crippen molar-refractivity contribution in [1.29, 1.82) is 0 Å². The smallest absolute Gasteiger partial charge is 0.0512 e. The van der Waals surface area contributed by atoms with Crippen LogP contribution in [0.1, 0.15) is 83.0 Å². The predicted molar refractivity (Wildman–Crippen MR) is 233 cm³/mol. The number of rotatable bonds is 4. The van der Waals surface area contributed by atoms with Gasteiger partial charge in [0.15, 0.2) is 0 Å². The second-order valence-electron chi connectivity index (χ2n) is 13.8. The number of aryl methyl sites for hydroxylation is 4. The van der Waals surface area contributed by atoms with Crippen LogP contribution in [0.15, 0.2) is 194 Å². The Bertz CT molecular complexity index is 1820. The van der Waals surface area contributed by atoms with Crippen molar-refractivity contribution < 1.29 is 73.3 Å². The molecule has 292 valence electrons. The van der Waals surface area contributed by atoms with Gasteiger partial charge in [-0.1, -0.05) is 51.4 Å². The van der Waals surface area contributed by atoms with Crippen LogP contribution in [0.5, 0.6) is 0 Å². The van der Waals surface area contributed by atoms with Crippen LogP contribution in [0.3, 0.4) is 0 Å². The second kappa shape index (κ2) is 29.8. The molecule has 0 unspecified atom stereocenters. The van der Waals surface area contributed by atoms with Crippen LogP contribution in [0.4, 0.5) is 0 Å². The fraction of sp³-hybridized carbons (Fsp3) is 0.185. The summed E-state index contributed by atoms with van der Waals surface area (Å²) in [5, 5.41) is 0. The Morgan fingerprint density at radius 1 is 0.414 bits per heavy atom. The van der Waals surface area contributed by atoms with Crippen LogP contribution in [0.2, 0.25) is 0 Å². The van der Waals surface area contributed by atoms with E-state index in [-0.39, 0.29) is 24.8 Å². The summed E-state index contributed by atoms with van der Waals surface area (Å²) in [6, 6.07) is 55.6. The quantitative estimate of drug-likeness (QED) is 0.171. The van der Waals surface area contributed by atoms with Crippen molar-refractivity contribution in [3.8, 4) is 0 Å². The Balaban J connectivity index is 0.000000192. The van der Waals surface area contributed by atoms with Gasteiger partial charge in [-0.15, -0.1) is 12.8 Å². The van der Waals surface area contributed by atoms with Crippen molar-refractivity contribution in [2.24, 2.45) is 0 Å². The van der Waals surface area contributed by atoms with E-state index < -0.39 is 0 Å². The fourth-order valence-corrected chi connectivity index (χ4v) is 8.30. The minimum Gasteiger partial charge on any atom is -0.210 e. The molecule has 0 N–H and O–H groups in total. The molecular formula is C54H52Cl2Zr2-2. The van der Waals surface area contributed by atoms with Crippen molar-refractivity contribution in [3.05, 3.63) is 251 Å².